The van der Waals surface area contributed by atoms with Gasteiger partial charge < -0.3 is 15.0 Å². The minimum Gasteiger partial charge on any atom is -0.491 e. The zero-order valence-electron chi connectivity index (χ0n) is 12.8. The van der Waals surface area contributed by atoms with Gasteiger partial charge in [0.05, 0.1) is 12.6 Å². The van der Waals surface area contributed by atoms with E-state index in [2.05, 4.69) is 15.3 Å². The van der Waals surface area contributed by atoms with E-state index in [-0.39, 0.29) is 17.5 Å². The molecule has 2 aromatic heterocycles. The molecule has 1 atom stereocenters. The molecule has 1 unspecified atom stereocenters. The predicted octanol–water partition coefficient (Wildman–Crippen LogP) is 2.18. The summed E-state index contributed by atoms with van der Waals surface area (Å²) in [6.45, 7) is 0.538. The van der Waals surface area contributed by atoms with Crippen molar-refractivity contribution in [3.8, 4) is 5.75 Å². The lowest BCUT2D eigenvalue weighted by molar-refractivity contribution is 0.0923. The van der Waals surface area contributed by atoms with E-state index in [1.165, 1.54) is 0 Å². The van der Waals surface area contributed by atoms with Crippen molar-refractivity contribution in [2.24, 2.45) is 0 Å². The monoisotopic (exact) mass is 321 g/mol. The van der Waals surface area contributed by atoms with Crippen molar-refractivity contribution >= 4 is 16.7 Å². The quantitative estimate of drug-likeness (QED) is 0.758. The number of ether oxygens (including phenoxy) is 1. The Morgan fingerprint density at radius 3 is 3.12 bits per heavy atom. The van der Waals surface area contributed by atoms with E-state index in [0.29, 0.717) is 29.7 Å². The molecule has 6 nitrogen and oxygen atoms in total. The summed E-state index contributed by atoms with van der Waals surface area (Å²) in [5.74, 6) is 0.514. The lowest BCUT2D eigenvalue weighted by Gasteiger charge is -2.25. The second-order valence-electron chi connectivity index (χ2n) is 5.66. The zero-order valence-corrected chi connectivity index (χ0v) is 12.8. The van der Waals surface area contributed by atoms with Gasteiger partial charge in [0, 0.05) is 29.8 Å². The van der Waals surface area contributed by atoms with E-state index in [4.69, 9.17) is 4.74 Å². The topological polar surface area (TPSA) is 84.1 Å². The van der Waals surface area contributed by atoms with Crippen LogP contribution in [0, 0.1) is 0 Å². The molecule has 1 aliphatic rings. The molecule has 0 radical (unpaired) electrons. The van der Waals surface area contributed by atoms with Crippen molar-refractivity contribution in [2.75, 3.05) is 6.61 Å². The maximum Gasteiger partial charge on any atom is 0.255 e. The molecule has 0 bridgehead atoms. The number of pyridine rings is 2. The number of nitrogens with zero attached hydrogens (tertiary/aromatic N) is 1. The highest BCUT2D eigenvalue weighted by Crippen LogP contribution is 2.29. The molecule has 120 valence electrons. The van der Waals surface area contributed by atoms with Crippen LogP contribution < -0.4 is 15.6 Å². The third-order valence-electron chi connectivity index (χ3n) is 4.13. The van der Waals surface area contributed by atoms with Crippen LogP contribution in [-0.2, 0) is 0 Å². The summed E-state index contributed by atoms with van der Waals surface area (Å²) in [7, 11) is 0. The van der Waals surface area contributed by atoms with Crippen LogP contribution >= 0.6 is 0 Å². The highest BCUT2D eigenvalue weighted by atomic mass is 16.5. The number of benzene rings is 1. The van der Waals surface area contributed by atoms with E-state index >= 15 is 0 Å². The number of carbonyl (C=O) groups excluding carboxylic acids is 1. The summed E-state index contributed by atoms with van der Waals surface area (Å²) < 4.78 is 5.56. The summed E-state index contributed by atoms with van der Waals surface area (Å²) >= 11 is 0. The Labute approximate surface area is 137 Å². The van der Waals surface area contributed by atoms with Gasteiger partial charge in [-0.15, -0.1) is 0 Å². The molecule has 0 aliphatic carbocycles. The molecule has 1 aliphatic heterocycles. The van der Waals surface area contributed by atoms with E-state index in [1.807, 2.05) is 12.1 Å². The average Bonchev–Trinajstić information content (AvgIpc) is 2.62. The third-order valence-corrected chi connectivity index (χ3v) is 4.13. The first-order valence-electron chi connectivity index (χ1n) is 7.72. The highest BCUT2D eigenvalue weighted by molar-refractivity contribution is 5.98. The molecule has 0 saturated carbocycles. The Morgan fingerprint density at radius 2 is 2.21 bits per heavy atom. The van der Waals surface area contributed by atoms with Crippen LogP contribution in [0.4, 0.5) is 0 Å². The van der Waals surface area contributed by atoms with Crippen LogP contribution in [0.25, 0.3) is 10.8 Å². The van der Waals surface area contributed by atoms with Crippen molar-refractivity contribution in [1.29, 1.82) is 0 Å². The van der Waals surface area contributed by atoms with Crippen LogP contribution in [0.2, 0.25) is 0 Å². The van der Waals surface area contributed by atoms with Gasteiger partial charge in [0.2, 0.25) is 0 Å². The maximum absolute atomic E-state index is 12.6. The van der Waals surface area contributed by atoms with Crippen LogP contribution in [0.1, 0.15) is 28.5 Å². The molecule has 6 heteroatoms. The third kappa shape index (κ3) is 2.52. The first kappa shape index (κ1) is 14.4. The van der Waals surface area contributed by atoms with Crippen molar-refractivity contribution in [1.82, 2.24) is 15.3 Å². The number of carbonyl (C=O) groups is 1. The van der Waals surface area contributed by atoms with Crippen molar-refractivity contribution < 1.29 is 9.53 Å². The first-order chi connectivity index (χ1) is 11.7. The summed E-state index contributed by atoms with van der Waals surface area (Å²) in [4.78, 5) is 31.3. The maximum atomic E-state index is 12.6. The minimum absolute atomic E-state index is 0.165. The number of nitrogens with one attached hydrogen (secondary N) is 2. The predicted molar refractivity (Wildman–Crippen MR) is 89.1 cm³/mol. The molecule has 3 aromatic rings. The van der Waals surface area contributed by atoms with Gasteiger partial charge >= 0.3 is 0 Å². The fraction of sp³-hybridized carbons (Fsp3) is 0.167. The molecule has 1 aromatic carbocycles. The van der Waals surface area contributed by atoms with E-state index in [1.54, 1.807) is 36.7 Å². The lowest BCUT2D eigenvalue weighted by Crippen LogP contribution is -2.32. The van der Waals surface area contributed by atoms with Gasteiger partial charge in [0.25, 0.3) is 11.5 Å². The molecule has 0 saturated heterocycles. The van der Waals surface area contributed by atoms with Gasteiger partial charge in [0.15, 0.2) is 0 Å². The number of H-pyrrole nitrogens is 1. The van der Waals surface area contributed by atoms with E-state index in [0.717, 1.165) is 11.1 Å². The van der Waals surface area contributed by atoms with Crippen molar-refractivity contribution in [3.63, 3.8) is 0 Å². The largest absolute Gasteiger partial charge is 0.491 e. The van der Waals surface area contributed by atoms with Crippen molar-refractivity contribution in [2.45, 2.75) is 12.5 Å². The zero-order chi connectivity index (χ0) is 16.5. The summed E-state index contributed by atoms with van der Waals surface area (Å²) in [6, 6.07) is 10.3. The lowest BCUT2D eigenvalue weighted by atomic mass is 10.0. The number of aromatic amines is 1. The molecule has 4 rings (SSSR count). The van der Waals surface area contributed by atoms with Crippen LogP contribution in [0.15, 0.2) is 53.6 Å². The summed E-state index contributed by atoms with van der Waals surface area (Å²) in [5, 5.41) is 4.30. The molecule has 3 heterocycles. The molecule has 0 fully saturated rings. The molecule has 0 spiro atoms. The molecular weight excluding hydrogens is 306 g/mol. The number of rotatable bonds is 2. The summed E-state index contributed by atoms with van der Waals surface area (Å²) in [6.07, 6.45) is 3.93. The first-order valence-corrected chi connectivity index (χ1v) is 7.72. The van der Waals surface area contributed by atoms with Gasteiger partial charge in [-0.25, -0.2) is 0 Å². The number of fused-ring (bicyclic) bond motifs is 2. The number of aromatic nitrogens is 2. The van der Waals surface area contributed by atoms with Gasteiger partial charge in [0.1, 0.15) is 11.4 Å². The van der Waals surface area contributed by atoms with E-state index in [9.17, 15) is 9.59 Å². The fourth-order valence-electron chi connectivity index (χ4n) is 2.93. The Balaban J connectivity index is 1.62. The van der Waals surface area contributed by atoms with Crippen LogP contribution in [0.3, 0.4) is 0 Å². The SMILES string of the molecule is O=C(NC1CCOc2cccnc21)c1ccc2c(=O)[nH]ccc2c1. The van der Waals surface area contributed by atoms with Crippen LogP contribution in [-0.4, -0.2) is 22.5 Å². The average molecular weight is 321 g/mol. The second-order valence-corrected chi connectivity index (χ2v) is 5.66. The number of amides is 1. The van der Waals surface area contributed by atoms with Crippen LogP contribution in [0.5, 0.6) is 5.75 Å². The van der Waals surface area contributed by atoms with Gasteiger partial charge in [-0.3, -0.25) is 14.6 Å². The second kappa shape index (κ2) is 5.81. The molecule has 2 N–H and O–H groups in total. The van der Waals surface area contributed by atoms with Crippen molar-refractivity contribution in [3.05, 3.63) is 70.4 Å². The van der Waals surface area contributed by atoms with Gasteiger partial charge in [-0.05, 0) is 41.8 Å². The highest BCUT2D eigenvalue weighted by Gasteiger charge is 2.24. The fourth-order valence-corrected chi connectivity index (χ4v) is 2.93. The standard InChI is InChI=1S/C18H15N3O3/c22-17(12-3-4-13-11(10-12)5-8-20-18(13)23)21-14-6-9-24-15-2-1-7-19-16(14)15/h1-5,7-8,10,14H,6,9H2,(H,20,23)(H,21,22). The normalized spacial score (nSPS) is 16.2. The van der Waals surface area contributed by atoms with Gasteiger partial charge in [-0.2, -0.15) is 0 Å². The molecule has 1 amide bonds. The molecule has 24 heavy (non-hydrogen) atoms. The van der Waals surface area contributed by atoms with E-state index < -0.39 is 0 Å². The smallest absolute Gasteiger partial charge is 0.255 e. The molecular formula is C18H15N3O3. The summed E-state index contributed by atoms with van der Waals surface area (Å²) in [5.41, 5.74) is 1.09. The Morgan fingerprint density at radius 1 is 1.29 bits per heavy atom. The Kier molecular flexibility index (Phi) is 3.49. The number of hydrogen-bond acceptors (Lipinski definition) is 4. The minimum atomic E-state index is -0.194. The Hall–Kier alpha value is -3.15. The number of hydrogen-bond donors (Lipinski definition) is 2. The Bertz CT molecular complexity index is 980. The van der Waals surface area contributed by atoms with Gasteiger partial charge in [-0.1, -0.05) is 0 Å².